The van der Waals surface area contributed by atoms with E-state index >= 15 is 0 Å². The van der Waals surface area contributed by atoms with E-state index in [-0.39, 0.29) is 12.1 Å². The van der Waals surface area contributed by atoms with Crippen LogP contribution in [0, 0.1) is 11.3 Å². The lowest BCUT2D eigenvalue weighted by Crippen LogP contribution is -2.52. The maximum atomic E-state index is 12.3. The molecule has 116 valence electrons. The lowest BCUT2D eigenvalue weighted by molar-refractivity contribution is -0.148. The molecule has 0 radical (unpaired) electrons. The third-order valence-corrected chi connectivity index (χ3v) is 4.64. The van der Waals surface area contributed by atoms with Gasteiger partial charge in [0.2, 0.25) is 0 Å². The molecule has 1 rings (SSSR count). The van der Waals surface area contributed by atoms with Gasteiger partial charge in [-0.15, -0.1) is 0 Å². The summed E-state index contributed by atoms with van der Waals surface area (Å²) in [4.78, 5) is 25.5. The highest BCUT2D eigenvalue weighted by atomic mass is 16.4. The van der Waals surface area contributed by atoms with E-state index in [2.05, 4.69) is 19.2 Å². The fraction of sp³-hybridized carbons (Fsp3) is 0.867. The molecule has 0 heterocycles. The topological polar surface area (TPSA) is 69.6 Å². The first-order valence-electron chi connectivity index (χ1n) is 7.64. The van der Waals surface area contributed by atoms with Gasteiger partial charge in [-0.1, -0.05) is 26.7 Å². The first kappa shape index (κ1) is 16.8. The number of hydrogen-bond donors (Lipinski definition) is 2. The molecule has 3 unspecified atom stereocenters. The third kappa shape index (κ3) is 3.64. The molecule has 1 saturated carbocycles. The molecular weight excluding hydrogens is 256 g/mol. The smallest absolute Gasteiger partial charge is 0.317 e. The Morgan fingerprint density at radius 2 is 2.10 bits per heavy atom. The minimum Gasteiger partial charge on any atom is -0.481 e. The summed E-state index contributed by atoms with van der Waals surface area (Å²) in [6, 6.07) is -0.398. The number of nitrogens with one attached hydrogen (secondary N) is 1. The fourth-order valence-corrected chi connectivity index (χ4v) is 2.75. The Balaban J connectivity index is 2.66. The molecule has 0 bridgehead atoms. The normalized spacial score (nSPS) is 27.1. The monoisotopic (exact) mass is 284 g/mol. The predicted molar refractivity (Wildman–Crippen MR) is 78.6 cm³/mol. The van der Waals surface area contributed by atoms with Gasteiger partial charge in [-0.3, -0.25) is 4.79 Å². The zero-order chi connectivity index (χ0) is 15.3. The van der Waals surface area contributed by atoms with Crippen molar-refractivity contribution in [1.82, 2.24) is 10.2 Å². The zero-order valence-electron chi connectivity index (χ0n) is 13.1. The molecular formula is C15H28N2O3. The van der Waals surface area contributed by atoms with E-state index in [4.69, 9.17) is 0 Å². The maximum Gasteiger partial charge on any atom is 0.317 e. The largest absolute Gasteiger partial charge is 0.481 e. The van der Waals surface area contributed by atoms with Gasteiger partial charge in [-0.2, -0.15) is 0 Å². The molecule has 0 aromatic rings. The van der Waals surface area contributed by atoms with E-state index in [0.717, 1.165) is 25.8 Å². The quantitative estimate of drug-likeness (QED) is 0.788. The predicted octanol–water partition coefficient (Wildman–Crippen LogP) is 2.71. The van der Waals surface area contributed by atoms with E-state index < -0.39 is 11.4 Å². The SMILES string of the molecule is CCC(C)CN(CC)C(=O)NC1CCCC1(C)C(=O)O. The number of carbonyl (C=O) groups is 2. The molecule has 2 N–H and O–H groups in total. The molecule has 1 fully saturated rings. The van der Waals surface area contributed by atoms with Crippen molar-refractivity contribution >= 4 is 12.0 Å². The van der Waals surface area contributed by atoms with Crippen molar-refractivity contribution < 1.29 is 14.7 Å². The van der Waals surface area contributed by atoms with E-state index in [1.165, 1.54) is 0 Å². The molecule has 5 heteroatoms. The van der Waals surface area contributed by atoms with E-state index in [1.807, 2.05) is 6.92 Å². The van der Waals surface area contributed by atoms with Gasteiger partial charge in [0.05, 0.1) is 5.41 Å². The van der Waals surface area contributed by atoms with Crippen LogP contribution in [0.4, 0.5) is 4.79 Å². The van der Waals surface area contributed by atoms with Crippen molar-refractivity contribution in [3.8, 4) is 0 Å². The summed E-state index contributed by atoms with van der Waals surface area (Å²) in [5, 5.41) is 12.3. The van der Waals surface area contributed by atoms with Gasteiger partial charge < -0.3 is 15.3 Å². The van der Waals surface area contributed by atoms with Crippen LogP contribution in [0.1, 0.15) is 53.4 Å². The van der Waals surface area contributed by atoms with Crippen molar-refractivity contribution in [2.45, 2.75) is 59.4 Å². The van der Waals surface area contributed by atoms with Crippen molar-refractivity contribution in [3.63, 3.8) is 0 Å². The molecule has 5 nitrogen and oxygen atoms in total. The highest BCUT2D eigenvalue weighted by molar-refractivity contribution is 5.79. The Hall–Kier alpha value is -1.26. The number of carboxylic acids is 1. The Bertz CT molecular complexity index is 359. The Morgan fingerprint density at radius 1 is 1.45 bits per heavy atom. The number of nitrogens with zero attached hydrogens (tertiary/aromatic N) is 1. The van der Waals surface area contributed by atoms with Crippen LogP contribution in [0.15, 0.2) is 0 Å². The number of rotatable bonds is 6. The first-order valence-corrected chi connectivity index (χ1v) is 7.64. The molecule has 3 atom stereocenters. The second kappa shape index (κ2) is 6.95. The Morgan fingerprint density at radius 3 is 2.60 bits per heavy atom. The standard InChI is InChI=1S/C15H28N2O3/c1-5-11(3)10-17(6-2)14(20)16-12-8-7-9-15(12,4)13(18)19/h11-12H,5-10H2,1-4H3,(H,16,20)(H,18,19). The first-order chi connectivity index (χ1) is 9.35. The molecule has 1 aliphatic rings. The molecule has 0 spiro atoms. The van der Waals surface area contributed by atoms with Gasteiger partial charge in [-0.05, 0) is 32.6 Å². The number of aliphatic carboxylic acids is 1. The van der Waals surface area contributed by atoms with Crippen LogP contribution < -0.4 is 5.32 Å². The fourth-order valence-electron chi connectivity index (χ4n) is 2.75. The van der Waals surface area contributed by atoms with Gasteiger partial charge in [0, 0.05) is 19.1 Å². The second-order valence-corrected chi connectivity index (χ2v) is 6.17. The molecule has 1 aliphatic carbocycles. The maximum absolute atomic E-state index is 12.3. The van der Waals surface area contributed by atoms with Crippen LogP contribution in [-0.4, -0.2) is 41.1 Å². The van der Waals surface area contributed by atoms with Crippen molar-refractivity contribution in [2.75, 3.05) is 13.1 Å². The Kier molecular flexibility index (Phi) is 5.84. The number of hydrogen-bond acceptors (Lipinski definition) is 2. The number of carbonyl (C=O) groups excluding carboxylic acids is 1. The van der Waals surface area contributed by atoms with Gasteiger partial charge in [-0.25, -0.2) is 4.79 Å². The van der Waals surface area contributed by atoms with Gasteiger partial charge in [0.25, 0.3) is 0 Å². The highest BCUT2D eigenvalue weighted by Gasteiger charge is 2.46. The summed E-state index contributed by atoms with van der Waals surface area (Å²) in [7, 11) is 0. The summed E-state index contributed by atoms with van der Waals surface area (Å²) >= 11 is 0. The van der Waals surface area contributed by atoms with E-state index in [1.54, 1.807) is 11.8 Å². The summed E-state index contributed by atoms with van der Waals surface area (Å²) in [5.41, 5.74) is -0.828. The van der Waals surface area contributed by atoms with Gasteiger partial charge in [0.1, 0.15) is 0 Å². The summed E-state index contributed by atoms with van der Waals surface area (Å²) in [5.74, 6) is -0.361. The van der Waals surface area contributed by atoms with Gasteiger partial charge >= 0.3 is 12.0 Å². The molecule has 0 aromatic heterocycles. The van der Waals surface area contributed by atoms with Crippen molar-refractivity contribution in [2.24, 2.45) is 11.3 Å². The number of carboxylic acid groups (broad SMARTS) is 1. The lowest BCUT2D eigenvalue weighted by atomic mass is 9.85. The summed E-state index contributed by atoms with van der Waals surface area (Å²) in [6.07, 6.45) is 3.26. The lowest BCUT2D eigenvalue weighted by Gasteiger charge is -2.31. The third-order valence-electron chi connectivity index (χ3n) is 4.64. The number of urea groups is 1. The van der Waals surface area contributed by atoms with Crippen LogP contribution in [0.3, 0.4) is 0 Å². The average molecular weight is 284 g/mol. The van der Waals surface area contributed by atoms with Crippen molar-refractivity contribution in [3.05, 3.63) is 0 Å². The van der Waals surface area contributed by atoms with Crippen molar-refractivity contribution in [1.29, 1.82) is 0 Å². The zero-order valence-corrected chi connectivity index (χ0v) is 13.1. The minimum atomic E-state index is -0.828. The van der Waals surface area contributed by atoms with E-state index in [0.29, 0.717) is 18.9 Å². The van der Waals surface area contributed by atoms with Crippen LogP contribution >= 0.6 is 0 Å². The van der Waals surface area contributed by atoms with E-state index in [9.17, 15) is 14.7 Å². The average Bonchev–Trinajstić information content (AvgIpc) is 2.78. The number of amides is 2. The van der Waals surface area contributed by atoms with Crippen LogP contribution in [0.2, 0.25) is 0 Å². The molecule has 20 heavy (non-hydrogen) atoms. The highest BCUT2D eigenvalue weighted by Crippen LogP contribution is 2.38. The Labute approximate surface area is 121 Å². The van der Waals surface area contributed by atoms with Crippen LogP contribution in [-0.2, 0) is 4.79 Å². The molecule has 2 amide bonds. The van der Waals surface area contributed by atoms with Crippen LogP contribution in [0.25, 0.3) is 0 Å². The molecule has 0 aromatic carbocycles. The minimum absolute atomic E-state index is 0.132. The summed E-state index contributed by atoms with van der Waals surface area (Å²) in [6.45, 7) is 9.27. The molecule has 0 saturated heterocycles. The summed E-state index contributed by atoms with van der Waals surface area (Å²) < 4.78 is 0. The van der Waals surface area contributed by atoms with Gasteiger partial charge in [0.15, 0.2) is 0 Å². The second-order valence-electron chi connectivity index (χ2n) is 6.17. The molecule has 0 aliphatic heterocycles. The van der Waals surface area contributed by atoms with Crippen LogP contribution in [0.5, 0.6) is 0 Å².